The summed E-state index contributed by atoms with van der Waals surface area (Å²) in [6.45, 7) is 1.05. The van der Waals surface area contributed by atoms with Gasteiger partial charge in [-0.1, -0.05) is 6.07 Å². The highest BCUT2D eigenvalue weighted by molar-refractivity contribution is 5.90. The molecule has 2 atom stereocenters. The lowest BCUT2D eigenvalue weighted by molar-refractivity contribution is -0.123. The Morgan fingerprint density at radius 1 is 1.69 bits per heavy atom. The molecule has 4 nitrogen and oxygen atoms in total. The normalized spacial score (nSPS) is 21.3. The second-order valence-corrected chi connectivity index (χ2v) is 3.81. The van der Waals surface area contributed by atoms with Gasteiger partial charge in [-0.3, -0.25) is 9.78 Å². The number of hydrogen-bond donors (Lipinski definition) is 0. The molecule has 1 aromatic heterocycles. The molecule has 2 heterocycles. The number of Topliss-reactive ketones (excluding diaryl/α,β-unsaturated/α-hetero) is 1. The van der Waals surface area contributed by atoms with Crippen molar-refractivity contribution in [1.82, 2.24) is 4.98 Å². The van der Waals surface area contributed by atoms with E-state index in [1.54, 1.807) is 24.5 Å². The molecule has 0 amide bonds. The number of pyridine rings is 1. The Hall–Kier alpha value is -1.73. The number of ether oxygens (including phenoxy) is 1. The van der Waals surface area contributed by atoms with Gasteiger partial charge in [-0.2, -0.15) is 5.26 Å². The van der Waals surface area contributed by atoms with Crippen molar-refractivity contribution in [1.29, 1.82) is 5.26 Å². The molecular weight excluding hydrogens is 204 g/mol. The van der Waals surface area contributed by atoms with Crippen LogP contribution in [0.2, 0.25) is 0 Å². The lowest BCUT2D eigenvalue weighted by Gasteiger charge is -2.11. The molecule has 1 fully saturated rings. The number of hydrogen-bond acceptors (Lipinski definition) is 4. The predicted molar refractivity (Wildman–Crippen MR) is 56.5 cm³/mol. The van der Waals surface area contributed by atoms with E-state index in [4.69, 9.17) is 10.00 Å². The van der Waals surface area contributed by atoms with Crippen LogP contribution in [0.4, 0.5) is 0 Å². The van der Waals surface area contributed by atoms with Gasteiger partial charge in [0.25, 0.3) is 0 Å². The summed E-state index contributed by atoms with van der Waals surface area (Å²) in [7, 11) is 0. The third kappa shape index (κ3) is 2.10. The van der Waals surface area contributed by atoms with Gasteiger partial charge in [0, 0.05) is 24.9 Å². The van der Waals surface area contributed by atoms with Gasteiger partial charge < -0.3 is 4.74 Å². The fraction of sp³-hybridized carbons (Fsp3) is 0.417. The number of ketones is 1. The summed E-state index contributed by atoms with van der Waals surface area (Å²) in [6, 6.07) is 5.54. The van der Waals surface area contributed by atoms with E-state index in [2.05, 4.69) is 4.98 Å². The minimum atomic E-state index is -0.708. The molecule has 0 spiro atoms. The number of rotatable bonds is 3. The molecule has 0 saturated carbocycles. The predicted octanol–water partition coefficient (Wildman–Crippen LogP) is 1.29. The van der Waals surface area contributed by atoms with E-state index in [0.29, 0.717) is 18.8 Å². The Kier molecular flexibility index (Phi) is 3.28. The van der Waals surface area contributed by atoms with Crippen molar-refractivity contribution in [3.8, 4) is 6.07 Å². The summed E-state index contributed by atoms with van der Waals surface area (Å²) in [4.78, 5) is 16.0. The van der Waals surface area contributed by atoms with Crippen LogP contribution in [0.25, 0.3) is 0 Å². The first-order chi connectivity index (χ1) is 7.83. The zero-order chi connectivity index (χ0) is 11.4. The number of aromatic nitrogens is 1. The Bertz CT molecular complexity index is 405. The monoisotopic (exact) mass is 216 g/mol. The molecule has 16 heavy (non-hydrogen) atoms. The van der Waals surface area contributed by atoms with Crippen molar-refractivity contribution < 1.29 is 9.53 Å². The third-order valence-electron chi connectivity index (χ3n) is 2.76. The van der Waals surface area contributed by atoms with Crippen LogP contribution in [0, 0.1) is 17.2 Å². The van der Waals surface area contributed by atoms with Gasteiger partial charge in [0.05, 0.1) is 12.7 Å². The second-order valence-electron chi connectivity index (χ2n) is 3.81. The van der Waals surface area contributed by atoms with Gasteiger partial charge in [0.15, 0.2) is 5.78 Å². The molecule has 1 saturated heterocycles. The molecule has 1 aliphatic rings. The molecule has 1 aromatic rings. The fourth-order valence-corrected chi connectivity index (χ4v) is 1.84. The molecule has 2 rings (SSSR count). The Balaban J connectivity index is 2.17. The van der Waals surface area contributed by atoms with Crippen LogP contribution in [-0.2, 0) is 9.53 Å². The van der Waals surface area contributed by atoms with Gasteiger partial charge in [-0.25, -0.2) is 0 Å². The van der Waals surface area contributed by atoms with Gasteiger partial charge in [-0.15, -0.1) is 0 Å². The van der Waals surface area contributed by atoms with Crippen LogP contribution in [0.1, 0.15) is 17.9 Å². The largest absolute Gasteiger partial charge is 0.381 e. The van der Waals surface area contributed by atoms with E-state index in [1.165, 1.54) is 0 Å². The van der Waals surface area contributed by atoms with Crippen LogP contribution in [0.5, 0.6) is 0 Å². The summed E-state index contributed by atoms with van der Waals surface area (Å²) in [5, 5.41) is 9.07. The second kappa shape index (κ2) is 4.86. The van der Waals surface area contributed by atoms with E-state index < -0.39 is 5.92 Å². The van der Waals surface area contributed by atoms with Crippen molar-refractivity contribution in [3.63, 3.8) is 0 Å². The Morgan fingerprint density at radius 2 is 2.56 bits per heavy atom. The highest BCUT2D eigenvalue weighted by Gasteiger charge is 2.30. The fourth-order valence-electron chi connectivity index (χ4n) is 1.84. The zero-order valence-electron chi connectivity index (χ0n) is 8.80. The van der Waals surface area contributed by atoms with Crippen LogP contribution in [0.3, 0.4) is 0 Å². The van der Waals surface area contributed by atoms with Crippen molar-refractivity contribution in [2.75, 3.05) is 13.2 Å². The average molecular weight is 216 g/mol. The summed E-state index contributed by atoms with van der Waals surface area (Å²) in [5.41, 5.74) is 0.668. The summed E-state index contributed by atoms with van der Waals surface area (Å²) in [5.74, 6) is -0.891. The SMILES string of the molecule is N#CC(C(=O)C1CCOC1)c1cccnc1. The lowest BCUT2D eigenvalue weighted by Crippen LogP contribution is -2.21. The minimum absolute atomic E-state index is 0.0481. The maximum Gasteiger partial charge on any atom is 0.159 e. The molecular formula is C12H12N2O2. The number of carbonyl (C=O) groups excluding carboxylic acids is 1. The highest BCUT2D eigenvalue weighted by atomic mass is 16.5. The van der Waals surface area contributed by atoms with Gasteiger partial charge in [0.2, 0.25) is 0 Å². The molecule has 4 heteroatoms. The van der Waals surface area contributed by atoms with Gasteiger partial charge in [-0.05, 0) is 18.1 Å². The highest BCUT2D eigenvalue weighted by Crippen LogP contribution is 2.23. The molecule has 0 N–H and O–H groups in total. The van der Waals surface area contributed by atoms with Crippen molar-refractivity contribution >= 4 is 5.78 Å². The van der Waals surface area contributed by atoms with Crippen LogP contribution < -0.4 is 0 Å². The summed E-state index contributed by atoms with van der Waals surface area (Å²) >= 11 is 0. The maximum absolute atomic E-state index is 12.0. The summed E-state index contributed by atoms with van der Waals surface area (Å²) in [6.07, 6.45) is 3.92. The Morgan fingerprint density at radius 3 is 3.12 bits per heavy atom. The van der Waals surface area contributed by atoms with E-state index in [9.17, 15) is 4.79 Å². The quantitative estimate of drug-likeness (QED) is 0.763. The van der Waals surface area contributed by atoms with E-state index in [-0.39, 0.29) is 11.7 Å². The smallest absolute Gasteiger partial charge is 0.159 e. The molecule has 0 radical (unpaired) electrons. The third-order valence-corrected chi connectivity index (χ3v) is 2.76. The topological polar surface area (TPSA) is 63.0 Å². The summed E-state index contributed by atoms with van der Waals surface area (Å²) < 4.78 is 5.16. The molecule has 2 unspecified atom stereocenters. The van der Waals surface area contributed by atoms with Gasteiger partial charge in [0.1, 0.15) is 5.92 Å². The first kappa shape index (κ1) is 10.8. The average Bonchev–Trinajstić information content (AvgIpc) is 2.85. The lowest BCUT2D eigenvalue weighted by atomic mass is 9.89. The molecule has 0 aliphatic carbocycles. The molecule has 1 aliphatic heterocycles. The van der Waals surface area contributed by atoms with Crippen molar-refractivity contribution in [2.45, 2.75) is 12.3 Å². The first-order valence-corrected chi connectivity index (χ1v) is 5.24. The Labute approximate surface area is 93.9 Å². The molecule has 0 aromatic carbocycles. The number of nitrogens with zero attached hydrogens (tertiary/aromatic N) is 2. The van der Waals surface area contributed by atoms with Crippen LogP contribution in [0.15, 0.2) is 24.5 Å². The maximum atomic E-state index is 12.0. The van der Waals surface area contributed by atoms with Crippen LogP contribution >= 0.6 is 0 Å². The van der Waals surface area contributed by atoms with E-state index in [0.717, 1.165) is 6.42 Å². The zero-order valence-corrected chi connectivity index (χ0v) is 8.80. The van der Waals surface area contributed by atoms with Gasteiger partial charge >= 0.3 is 0 Å². The van der Waals surface area contributed by atoms with E-state index in [1.807, 2.05) is 6.07 Å². The standard InChI is InChI=1S/C12H12N2O2/c13-6-11(9-2-1-4-14-7-9)12(15)10-3-5-16-8-10/h1-2,4,7,10-11H,3,5,8H2. The minimum Gasteiger partial charge on any atom is -0.381 e. The van der Waals surface area contributed by atoms with E-state index >= 15 is 0 Å². The molecule has 82 valence electrons. The van der Waals surface area contributed by atoms with Crippen LogP contribution in [-0.4, -0.2) is 24.0 Å². The van der Waals surface area contributed by atoms with Crippen molar-refractivity contribution in [3.05, 3.63) is 30.1 Å². The molecule has 0 bridgehead atoms. The first-order valence-electron chi connectivity index (χ1n) is 5.24. The number of nitriles is 1. The van der Waals surface area contributed by atoms with Crippen molar-refractivity contribution in [2.24, 2.45) is 5.92 Å². The number of carbonyl (C=O) groups is 1.